The summed E-state index contributed by atoms with van der Waals surface area (Å²) in [5.74, 6) is 1.05. The quantitative estimate of drug-likeness (QED) is 0.672. The van der Waals surface area contributed by atoms with E-state index in [4.69, 9.17) is 9.47 Å². The van der Waals surface area contributed by atoms with Crippen LogP contribution in [-0.4, -0.2) is 49.3 Å². The maximum absolute atomic E-state index is 6.17. The van der Waals surface area contributed by atoms with E-state index in [1.807, 2.05) is 37.5 Å². The Bertz CT molecular complexity index is 1040. The largest absolute Gasteiger partial charge is 0.481 e. The second-order valence-corrected chi connectivity index (χ2v) is 9.45. The highest BCUT2D eigenvalue weighted by atomic mass is 16.5. The van der Waals surface area contributed by atoms with Gasteiger partial charge in [-0.25, -0.2) is 4.98 Å². The van der Waals surface area contributed by atoms with Gasteiger partial charge in [-0.3, -0.25) is 4.68 Å². The van der Waals surface area contributed by atoms with Crippen LogP contribution in [0.25, 0.3) is 22.5 Å². The van der Waals surface area contributed by atoms with E-state index in [0.717, 1.165) is 24.0 Å². The Kier molecular flexibility index (Phi) is 5.43. The molecule has 3 aromatic heterocycles. The molecule has 0 saturated carbocycles. The Labute approximate surface area is 183 Å². The van der Waals surface area contributed by atoms with E-state index >= 15 is 0 Å². The van der Waals surface area contributed by atoms with Crippen molar-refractivity contribution in [3.05, 3.63) is 36.7 Å². The van der Waals surface area contributed by atoms with Crippen LogP contribution in [0.2, 0.25) is 0 Å². The predicted octanol–water partition coefficient (Wildman–Crippen LogP) is 3.64. The van der Waals surface area contributed by atoms with Crippen molar-refractivity contribution in [3.63, 3.8) is 0 Å². The highest BCUT2D eigenvalue weighted by Crippen LogP contribution is 2.32. The van der Waals surface area contributed by atoms with Gasteiger partial charge in [0, 0.05) is 54.4 Å². The predicted molar refractivity (Wildman–Crippen MR) is 119 cm³/mol. The van der Waals surface area contributed by atoms with Crippen LogP contribution in [0, 0.1) is 0 Å². The van der Waals surface area contributed by atoms with Gasteiger partial charge in [0.25, 0.3) is 0 Å². The fraction of sp³-hybridized carbons (Fsp3) is 0.478. The zero-order valence-electron chi connectivity index (χ0n) is 19.0. The number of nitrogens with zero attached hydrogens (tertiary/aromatic N) is 5. The molecule has 8 heteroatoms. The third-order valence-corrected chi connectivity index (χ3v) is 5.41. The van der Waals surface area contributed by atoms with E-state index in [1.165, 1.54) is 0 Å². The zero-order chi connectivity index (χ0) is 22.2. The van der Waals surface area contributed by atoms with Crippen LogP contribution in [0.4, 0.5) is 0 Å². The molecule has 1 N–H and O–H groups in total. The van der Waals surface area contributed by atoms with Crippen LogP contribution in [0.1, 0.15) is 40.5 Å². The van der Waals surface area contributed by atoms with Crippen molar-refractivity contribution >= 4 is 0 Å². The van der Waals surface area contributed by atoms with Gasteiger partial charge in [0.1, 0.15) is 11.8 Å². The first-order valence-corrected chi connectivity index (χ1v) is 10.5. The van der Waals surface area contributed by atoms with Gasteiger partial charge in [-0.2, -0.15) is 5.10 Å². The fourth-order valence-corrected chi connectivity index (χ4v) is 4.52. The molecule has 0 amide bonds. The number of hydrogen-bond acceptors (Lipinski definition) is 7. The van der Waals surface area contributed by atoms with Crippen molar-refractivity contribution in [2.24, 2.45) is 7.05 Å². The molecule has 1 fully saturated rings. The van der Waals surface area contributed by atoms with Crippen LogP contribution >= 0.6 is 0 Å². The number of hydrogen-bond donors (Lipinski definition) is 1. The van der Waals surface area contributed by atoms with Crippen molar-refractivity contribution in [2.75, 3.05) is 7.11 Å². The molecular formula is C23H30N6O2. The van der Waals surface area contributed by atoms with E-state index in [-0.39, 0.29) is 17.2 Å². The number of aryl methyl sites for hydroxylation is 1. The molecule has 0 aliphatic carbocycles. The van der Waals surface area contributed by atoms with Gasteiger partial charge in [-0.15, -0.1) is 10.2 Å². The minimum Gasteiger partial charge on any atom is -0.481 e. The lowest BCUT2D eigenvalue weighted by Crippen LogP contribution is -2.60. The summed E-state index contributed by atoms with van der Waals surface area (Å²) < 4.78 is 13.4. The van der Waals surface area contributed by atoms with Gasteiger partial charge in [0.15, 0.2) is 0 Å². The van der Waals surface area contributed by atoms with E-state index in [9.17, 15) is 0 Å². The molecule has 0 unspecified atom stereocenters. The van der Waals surface area contributed by atoms with Crippen LogP contribution in [-0.2, 0) is 7.05 Å². The van der Waals surface area contributed by atoms with Crippen LogP contribution in [0.5, 0.6) is 11.8 Å². The summed E-state index contributed by atoms with van der Waals surface area (Å²) in [5, 5.41) is 16.5. The van der Waals surface area contributed by atoms with Crippen LogP contribution in [0.3, 0.4) is 0 Å². The van der Waals surface area contributed by atoms with Gasteiger partial charge >= 0.3 is 0 Å². The molecule has 3 aromatic rings. The third-order valence-electron chi connectivity index (χ3n) is 5.41. The first-order valence-electron chi connectivity index (χ1n) is 10.5. The van der Waals surface area contributed by atoms with Crippen molar-refractivity contribution in [2.45, 2.75) is 57.7 Å². The monoisotopic (exact) mass is 422 g/mol. The smallest absolute Gasteiger partial charge is 0.233 e. The molecule has 0 bridgehead atoms. The first-order chi connectivity index (χ1) is 14.6. The Morgan fingerprint density at radius 3 is 2.29 bits per heavy atom. The maximum Gasteiger partial charge on any atom is 0.233 e. The Morgan fingerprint density at radius 2 is 1.71 bits per heavy atom. The second-order valence-electron chi connectivity index (χ2n) is 9.45. The molecule has 4 heterocycles. The van der Waals surface area contributed by atoms with E-state index in [1.54, 1.807) is 18.0 Å². The number of methoxy groups -OCH3 is 1. The highest BCUT2D eigenvalue weighted by molar-refractivity contribution is 5.70. The van der Waals surface area contributed by atoms with Gasteiger partial charge in [-0.05, 0) is 45.9 Å². The van der Waals surface area contributed by atoms with Crippen molar-refractivity contribution in [1.82, 2.24) is 30.3 Å². The number of aromatic nitrogens is 5. The summed E-state index contributed by atoms with van der Waals surface area (Å²) in [6.07, 6.45) is 5.62. The normalized spacial score (nSPS) is 18.0. The number of pyridine rings is 1. The number of nitrogens with one attached hydrogen (secondary N) is 1. The molecule has 0 spiro atoms. The Morgan fingerprint density at radius 1 is 1.00 bits per heavy atom. The molecule has 4 rings (SSSR count). The molecule has 0 aromatic carbocycles. The van der Waals surface area contributed by atoms with E-state index in [0.29, 0.717) is 23.1 Å². The maximum atomic E-state index is 6.17. The lowest BCUT2D eigenvalue weighted by molar-refractivity contribution is 0.0524. The molecule has 0 atom stereocenters. The van der Waals surface area contributed by atoms with Gasteiger partial charge in [0.2, 0.25) is 11.8 Å². The molecule has 1 aliphatic rings. The second kappa shape index (κ2) is 7.92. The minimum absolute atomic E-state index is 0.0102. The molecule has 1 aliphatic heterocycles. The summed E-state index contributed by atoms with van der Waals surface area (Å²) in [6.45, 7) is 8.81. The third kappa shape index (κ3) is 4.85. The molecule has 31 heavy (non-hydrogen) atoms. The summed E-state index contributed by atoms with van der Waals surface area (Å²) in [6, 6.07) is 7.61. The summed E-state index contributed by atoms with van der Waals surface area (Å²) in [5.41, 5.74) is 3.19. The van der Waals surface area contributed by atoms with Crippen molar-refractivity contribution in [1.29, 1.82) is 0 Å². The fourth-order valence-electron chi connectivity index (χ4n) is 4.52. The lowest BCUT2D eigenvalue weighted by Gasteiger charge is -2.46. The van der Waals surface area contributed by atoms with Crippen LogP contribution < -0.4 is 14.8 Å². The summed E-state index contributed by atoms with van der Waals surface area (Å²) >= 11 is 0. The molecular weight excluding hydrogens is 392 g/mol. The average molecular weight is 423 g/mol. The molecule has 0 radical (unpaired) electrons. The highest BCUT2D eigenvalue weighted by Gasteiger charge is 2.38. The van der Waals surface area contributed by atoms with E-state index < -0.39 is 0 Å². The summed E-state index contributed by atoms with van der Waals surface area (Å²) in [4.78, 5) is 4.62. The number of piperidine rings is 1. The first kappa shape index (κ1) is 21.2. The Hall–Kier alpha value is -3.00. The van der Waals surface area contributed by atoms with E-state index in [2.05, 4.69) is 53.3 Å². The van der Waals surface area contributed by atoms with Crippen molar-refractivity contribution in [3.8, 4) is 34.3 Å². The SMILES string of the molecule is COc1nc(-c2ccc(OC3CC(C)(C)NC(C)(C)C3)nn2)ccc1-c1cnn(C)c1. The molecule has 164 valence electrons. The minimum atomic E-state index is 0.0102. The van der Waals surface area contributed by atoms with Gasteiger partial charge in [-0.1, -0.05) is 0 Å². The zero-order valence-corrected chi connectivity index (χ0v) is 19.0. The standard InChI is InChI=1S/C23H30N6O2/c1-22(2)11-16(12-23(3,4)28-22)31-20-10-9-19(26-27-20)18-8-7-17(21(25-18)30-6)15-13-24-29(5)14-15/h7-10,13-14,16,28H,11-12H2,1-6H3. The van der Waals surface area contributed by atoms with Crippen molar-refractivity contribution < 1.29 is 9.47 Å². The number of ether oxygens (including phenoxy) is 2. The Balaban J connectivity index is 1.52. The number of rotatable bonds is 5. The molecule has 1 saturated heterocycles. The van der Waals surface area contributed by atoms with Crippen LogP contribution in [0.15, 0.2) is 36.7 Å². The lowest BCUT2D eigenvalue weighted by atomic mass is 9.81. The summed E-state index contributed by atoms with van der Waals surface area (Å²) in [7, 11) is 3.49. The van der Waals surface area contributed by atoms with Gasteiger partial charge < -0.3 is 14.8 Å². The van der Waals surface area contributed by atoms with Gasteiger partial charge in [0.05, 0.1) is 19.0 Å². The topological polar surface area (TPSA) is 87.0 Å². The molecule has 8 nitrogen and oxygen atoms in total. The average Bonchev–Trinajstić information content (AvgIpc) is 3.12.